The highest BCUT2D eigenvalue weighted by molar-refractivity contribution is 5.93. The fraction of sp³-hybridized carbons (Fsp3) is 0.250. The van der Waals surface area contributed by atoms with Crippen LogP contribution in [0.4, 0.5) is 0 Å². The lowest BCUT2D eigenvalue weighted by molar-refractivity contribution is 0.0690. The van der Waals surface area contributed by atoms with Gasteiger partial charge >= 0.3 is 5.97 Å². The van der Waals surface area contributed by atoms with Crippen molar-refractivity contribution in [3.05, 3.63) is 41.3 Å². The molecule has 0 aliphatic rings. The average molecular weight is 313 g/mol. The number of hydrogen-bond acceptors (Lipinski definition) is 6. The summed E-state index contributed by atoms with van der Waals surface area (Å²) in [5, 5.41) is 15.3. The molecule has 0 aromatic carbocycles. The van der Waals surface area contributed by atoms with Crippen LogP contribution in [-0.4, -0.2) is 32.1 Å². The first-order chi connectivity index (χ1) is 9.50. The van der Waals surface area contributed by atoms with Gasteiger partial charge in [-0.05, 0) is 13.8 Å². The van der Waals surface area contributed by atoms with E-state index in [1.165, 1.54) is 25.5 Å². The Labute approximate surface area is 126 Å². The van der Waals surface area contributed by atoms with E-state index in [1.54, 1.807) is 6.92 Å². The van der Waals surface area contributed by atoms with Crippen LogP contribution < -0.4 is 5.32 Å². The van der Waals surface area contributed by atoms with Crippen molar-refractivity contribution in [3.8, 4) is 0 Å². The second kappa shape index (κ2) is 6.80. The zero-order valence-electron chi connectivity index (χ0n) is 11.2. The topological polar surface area (TPSA) is 118 Å². The molecule has 0 saturated heterocycles. The molecule has 2 aromatic heterocycles. The molecule has 2 rings (SSSR count). The molecule has 9 heteroatoms. The summed E-state index contributed by atoms with van der Waals surface area (Å²) in [6.45, 7) is 3.12. The summed E-state index contributed by atoms with van der Waals surface area (Å²) in [5.74, 6) is -1.54. The van der Waals surface area contributed by atoms with Gasteiger partial charge in [0, 0.05) is 12.4 Å². The smallest absolute Gasteiger partial charge is 0.341 e. The predicted octanol–water partition coefficient (Wildman–Crippen LogP) is 1.38. The minimum absolute atomic E-state index is 0. The molecule has 0 unspecified atom stereocenters. The Morgan fingerprint density at radius 2 is 2.10 bits per heavy atom. The molecular formula is C12H13ClN4O4. The first-order valence-electron chi connectivity index (χ1n) is 5.77. The van der Waals surface area contributed by atoms with Gasteiger partial charge < -0.3 is 14.9 Å². The molecule has 0 radical (unpaired) electrons. The number of aromatic carboxylic acids is 1. The molecular weight excluding hydrogens is 300 g/mol. The number of aromatic nitrogens is 3. The van der Waals surface area contributed by atoms with Crippen LogP contribution in [0.5, 0.6) is 0 Å². The molecule has 1 amide bonds. The van der Waals surface area contributed by atoms with E-state index in [-0.39, 0.29) is 35.1 Å². The van der Waals surface area contributed by atoms with Crippen molar-refractivity contribution in [2.24, 2.45) is 0 Å². The van der Waals surface area contributed by atoms with Gasteiger partial charge in [-0.3, -0.25) is 9.78 Å². The van der Waals surface area contributed by atoms with Gasteiger partial charge in [-0.25, -0.2) is 9.78 Å². The standard InChI is InChI=1S/C12H12N4O4.ClH/c1-6-9(12(18)19)10(20-16-6)7(2)15-11(17)8-5-13-3-4-14-8;/h3-5,7H,1-2H3,(H,15,17)(H,18,19);1H/t7-;/m1./s1. The van der Waals surface area contributed by atoms with Crippen LogP contribution in [-0.2, 0) is 0 Å². The van der Waals surface area contributed by atoms with Crippen LogP contribution in [0.15, 0.2) is 23.1 Å². The zero-order chi connectivity index (χ0) is 14.7. The van der Waals surface area contributed by atoms with Crippen molar-refractivity contribution >= 4 is 24.3 Å². The minimum atomic E-state index is -1.15. The van der Waals surface area contributed by atoms with Gasteiger partial charge in [0.1, 0.15) is 11.3 Å². The summed E-state index contributed by atoms with van der Waals surface area (Å²) in [7, 11) is 0. The van der Waals surface area contributed by atoms with Gasteiger partial charge in [0.2, 0.25) is 0 Å². The normalized spacial score (nSPS) is 11.3. The molecule has 0 spiro atoms. The van der Waals surface area contributed by atoms with E-state index in [9.17, 15) is 9.59 Å². The fourth-order valence-corrected chi connectivity index (χ4v) is 1.70. The highest BCUT2D eigenvalue weighted by atomic mass is 35.5. The lowest BCUT2D eigenvalue weighted by Crippen LogP contribution is -2.28. The number of carboxylic acids is 1. The monoisotopic (exact) mass is 312 g/mol. The van der Waals surface area contributed by atoms with E-state index < -0.39 is 17.9 Å². The molecule has 21 heavy (non-hydrogen) atoms. The molecule has 2 aromatic rings. The Kier molecular flexibility index (Phi) is 5.37. The second-order valence-electron chi connectivity index (χ2n) is 4.10. The summed E-state index contributed by atoms with van der Waals surface area (Å²) >= 11 is 0. The molecule has 0 aliphatic heterocycles. The summed E-state index contributed by atoms with van der Waals surface area (Å²) in [4.78, 5) is 30.7. The Hall–Kier alpha value is -2.48. The Balaban J connectivity index is 0.00000220. The number of hydrogen-bond donors (Lipinski definition) is 2. The van der Waals surface area contributed by atoms with E-state index in [0.29, 0.717) is 0 Å². The Bertz CT molecular complexity index is 644. The van der Waals surface area contributed by atoms with E-state index in [1.807, 2.05) is 0 Å². The minimum Gasteiger partial charge on any atom is -0.477 e. The zero-order valence-corrected chi connectivity index (χ0v) is 12.0. The third-order valence-electron chi connectivity index (χ3n) is 2.64. The lowest BCUT2D eigenvalue weighted by Gasteiger charge is -2.11. The summed E-state index contributed by atoms with van der Waals surface area (Å²) < 4.78 is 4.97. The van der Waals surface area contributed by atoms with Gasteiger partial charge in [0.25, 0.3) is 5.91 Å². The van der Waals surface area contributed by atoms with Crippen LogP contribution >= 0.6 is 12.4 Å². The number of rotatable bonds is 4. The molecule has 0 fully saturated rings. The van der Waals surface area contributed by atoms with Crippen molar-refractivity contribution in [3.63, 3.8) is 0 Å². The maximum atomic E-state index is 11.9. The molecule has 0 bridgehead atoms. The molecule has 112 valence electrons. The number of nitrogens with one attached hydrogen (secondary N) is 1. The second-order valence-corrected chi connectivity index (χ2v) is 4.10. The van der Waals surface area contributed by atoms with Gasteiger partial charge in [-0.2, -0.15) is 0 Å². The number of aryl methyl sites for hydroxylation is 1. The SMILES string of the molecule is Cc1noc([C@@H](C)NC(=O)c2cnccn2)c1C(=O)O.Cl. The summed E-state index contributed by atoms with van der Waals surface area (Å²) in [6.07, 6.45) is 4.15. The highest BCUT2D eigenvalue weighted by Crippen LogP contribution is 2.21. The first kappa shape index (κ1) is 16.6. The number of halogens is 1. The van der Waals surface area contributed by atoms with Crippen molar-refractivity contribution < 1.29 is 19.2 Å². The quantitative estimate of drug-likeness (QED) is 0.875. The van der Waals surface area contributed by atoms with Gasteiger partial charge in [-0.1, -0.05) is 5.16 Å². The molecule has 8 nitrogen and oxygen atoms in total. The van der Waals surface area contributed by atoms with Gasteiger partial charge in [-0.15, -0.1) is 12.4 Å². The maximum Gasteiger partial charge on any atom is 0.341 e. The number of amides is 1. The average Bonchev–Trinajstić information content (AvgIpc) is 2.81. The van der Waals surface area contributed by atoms with Crippen LogP contribution in [0.2, 0.25) is 0 Å². The third kappa shape index (κ3) is 3.54. The van der Waals surface area contributed by atoms with Crippen LogP contribution in [0.25, 0.3) is 0 Å². The fourth-order valence-electron chi connectivity index (χ4n) is 1.70. The summed E-state index contributed by atoms with van der Waals surface area (Å²) in [6, 6.07) is -0.656. The van der Waals surface area contributed by atoms with E-state index in [2.05, 4.69) is 20.4 Å². The number of carbonyl (C=O) groups is 2. The lowest BCUT2D eigenvalue weighted by atomic mass is 10.1. The molecule has 1 atom stereocenters. The van der Waals surface area contributed by atoms with Crippen LogP contribution in [0.3, 0.4) is 0 Å². The summed E-state index contributed by atoms with van der Waals surface area (Å²) in [5.41, 5.74) is 0.345. The Morgan fingerprint density at radius 1 is 1.38 bits per heavy atom. The number of carboxylic acid groups (broad SMARTS) is 1. The van der Waals surface area contributed by atoms with Gasteiger partial charge in [0.15, 0.2) is 5.76 Å². The molecule has 0 saturated carbocycles. The predicted molar refractivity (Wildman–Crippen MR) is 73.4 cm³/mol. The van der Waals surface area contributed by atoms with Crippen molar-refractivity contribution in [1.29, 1.82) is 0 Å². The van der Waals surface area contributed by atoms with Crippen molar-refractivity contribution in [2.75, 3.05) is 0 Å². The van der Waals surface area contributed by atoms with Crippen molar-refractivity contribution in [1.82, 2.24) is 20.4 Å². The molecule has 2 N–H and O–H groups in total. The number of carbonyl (C=O) groups excluding carboxylic acids is 1. The van der Waals surface area contributed by atoms with Crippen molar-refractivity contribution in [2.45, 2.75) is 19.9 Å². The van der Waals surface area contributed by atoms with Crippen LogP contribution in [0.1, 0.15) is 45.3 Å². The van der Waals surface area contributed by atoms with Gasteiger partial charge in [0.05, 0.1) is 17.9 Å². The maximum absolute atomic E-state index is 11.9. The van der Waals surface area contributed by atoms with E-state index in [0.717, 1.165) is 0 Å². The highest BCUT2D eigenvalue weighted by Gasteiger charge is 2.25. The van der Waals surface area contributed by atoms with E-state index in [4.69, 9.17) is 9.63 Å². The largest absolute Gasteiger partial charge is 0.477 e. The first-order valence-corrected chi connectivity index (χ1v) is 5.77. The molecule has 2 heterocycles. The number of nitrogens with zero attached hydrogens (tertiary/aromatic N) is 3. The van der Waals surface area contributed by atoms with E-state index >= 15 is 0 Å². The Morgan fingerprint density at radius 3 is 2.67 bits per heavy atom. The molecule has 0 aliphatic carbocycles. The van der Waals surface area contributed by atoms with Crippen LogP contribution in [0, 0.1) is 6.92 Å². The third-order valence-corrected chi connectivity index (χ3v) is 2.64.